The second-order valence-corrected chi connectivity index (χ2v) is 16.2. The van der Waals surface area contributed by atoms with Crippen LogP contribution >= 0.6 is 23.1 Å². The van der Waals surface area contributed by atoms with Crippen molar-refractivity contribution < 1.29 is 37.3 Å². The normalized spacial score (nSPS) is 14.5. The fourth-order valence-electron chi connectivity index (χ4n) is 7.66. The SMILES string of the molecule is Cc1c(-c2c(-c3cn(C)c4ccccc34)ncc3snc(O[C@H](Cc4ccccc4OCc4ccnn4CC(F)(F)F)C(=O)O)c23)ccc(OCCN2CCN(C)CC2)c1Cl. The number of hydrogen-bond acceptors (Lipinski definition) is 10. The second kappa shape index (κ2) is 17.7. The van der Waals surface area contributed by atoms with Crippen molar-refractivity contribution in [3.8, 4) is 39.8 Å². The fourth-order valence-corrected chi connectivity index (χ4v) is 8.58. The molecule has 4 aromatic heterocycles. The fraction of sp³-hybridized carbons (Fsp3) is 0.318. The number of rotatable bonds is 15. The van der Waals surface area contributed by atoms with Crippen LogP contribution < -0.4 is 14.2 Å². The third kappa shape index (κ3) is 9.17. The number of ether oxygens (including phenoxy) is 3. The minimum absolute atomic E-state index is 0.101. The zero-order chi connectivity index (χ0) is 42.8. The number of aryl methyl sites for hydroxylation is 1. The molecule has 0 aliphatic carbocycles. The van der Waals surface area contributed by atoms with Gasteiger partial charge in [-0.25, -0.2) is 4.79 Å². The summed E-state index contributed by atoms with van der Waals surface area (Å²) >= 11 is 8.25. The molecule has 0 radical (unpaired) electrons. The van der Waals surface area contributed by atoms with Crippen LogP contribution in [-0.4, -0.2) is 103 Å². The highest BCUT2D eigenvalue weighted by molar-refractivity contribution is 7.13. The largest absolute Gasteiger partial charge is 0.491 e. The minimum Gasteiger partial charge on any atom is -0.491 e. The van der Waals surface area contributed by atoms with E-state index in [0.29, 0.717) is 50.0 Å². The Balaban J connectivity index is 1.14. The molecule has 7 aromatic rings. The zero-order valence-corrected chi connectivity index (χ0v) is 35.2. The van der Waals surface area contributed by atoms with E-state index in [4.69, 9.17) is 30.8 Å². The van der Waals surface area contributed by atoms with Crippen LogP contribution in [0, 0.1) is 6.92 Å². The number of likely N-dealkylation sites (N-methyl/N-ethyl adjacent to an activating group) is 1. The summed E-state index contributed by atoms with van der Waals surface area (Å²) in [5.74, 6) is -0.301. The number of carboxylic acid groups (broad SMARTS) is 1. The Morgan fingerprint density at radius 3 is 2.52 bits per heavy atom. The molecule has 61 heavy (non-hydrogen) atoms. The molecule has 1 fully saturated rings. The highest BCUT2D eigenvalue weighted by Crippen LogP contribution is 2.47. The quantitative estimate of drug-likeness (QED) is 0.107. The first-order chi connectivity index (χ1) is 29.3. The van der Waals surface area contributed by atoms with Gasteiger partial charge in [0.15, 0.2) is 0 Å². The van der Waals surface area contributed by atoms with E-state index in [1.54, 1.807) is 30.5 Å². The van der Waals surface area contributed by atoms with Crippen LogP contribution in [0.3, 0.4) is 0 Å². The van der Waals surface area contributed by atoms with Crippen molar-refractivity contribution in [2.24, 2.45) is 7.05 Å². The average Bonchev–Trinajstić information content (AvgIpc) is 3.95. The van der Waals surface area contributed by atoms with Crippen LogP contribution in [-0.2, 0) is 31.4 Å². The molecular weight excluding hydrogens is 831 g/mol. The third-order valence-corrected chi connectivity index (χ3v) is 12.2. The lowest BCUT2D eigenvalue weighted by atomic mass is 9.93. The van der Waals surface area contributed by atoms with Crippen molar-refractivity contribution in [1.29, 1.82) is 0 Å². The zero-order valence-electron chi connectivity index (χ0n) is 33.7. The first-order valence-electron chi connectivity index (χ1n) is 19.7. The van der Waals surface area contributed by atoms with Crippen molar-refractivity contribution >= 4 is 50.1 Å². The third-order valence-electron chi connectivity index (χ3n) is 10.9. The van der Waals surface area contributed by atoms with E-state index in [2.05, 4.69) is 26.3 Å². The van der Waals surface area contributed by atoms with Gasteiger partial charge < -0.3 is 28.8 Å². The van der Waals surface area contributed by atoms with Gasteiger partial charge in [0.25, 0.3) is 0 Å². The van der Waals surface area contributed by atoms with Crippen LogP contribution in [0.15, 0.2) is 85.3 Å². The molecule has 12 nitrogen and oxygen atoms in total. The first kappa shape index (κ1) is 42.0. The summed E-state index contributed by atoms with van der Waals surface area (Å²) in [6, 6.07) is 20.0. The summed E-state index contributed by atoms with van der Waals surface area (Å²) < 4.78 is 66.2. The molecule has 318 valence electrons. The maximum Gasteiger partial charge on any atom is 0.408 e. The maximum atomic E-state index is 13.2. The highest BCUT2D eigenvalue weighted by atomic mass is 35.5. The van der Waals surface area contributed by atoms with E-state index in [-0.39, 0.29) is 24.6 Å². The maximum absolute atomic E-state index is 13.2. The molecule has 1 atom stereocenters. The number of para-hydroxylation sites is 2. The standard InChI is InChI=1S/C44H43ClF3N7O5S/c1-27-30(12-13-35(40(27)45)58-21-20-54-18-16-52(2)17-19-54)38-39-37(23-49-41(38)32-24-53(3)33-10-6-5-9-31(32)33)61-51-42(39)60-36(43(56)57)22-28-8-4-7-11-34(28)59-25-29-14-15-50-55(29)26-44(46,47)48/h4-15,23-24,36H,16-22,25-26H2,1-3H3,(H,56,57)/t36-/m1/s1. The summed E-state index contributed by atoms with van der Waals surface area (Å²) in [5, 5.41) is 16.3. The monoisotopic (exact) mass is 873 g/mol. The van der Waals surface area contributed by atoms with Crippen molar-refractivity contribution in [3.63, 3.8) is 0 Å². The molecule has 1 saturated heterocycles. The summed E-state index contributed by atoms with van der Waals surface area (Å²) in [6.07, 6.45) is -1.05. The molecule has 0 bridgehead atoms. The lowest BCUT2D eigenvalue weighted by molar-refractivity contribution is -0.145. The predicted octanol–water partition coefficient (Wildman–Crippen LogP) is 8.52. The Morgan fingerprint density at radius 2 is 1.74 bits per heavy atom. The van der Waals surface area contributed by atoms with E-state index >= 15 is 0 Å². The number of nitrogens with zero attached hydrogens (tertiary/aromatic N) is 7. The van der Waals surface area contributed by atoms with Crippen LogP contribution in [0.5, 0.6) is 17.4 Å². The first-order valence-corrected chi connectivity index (χ1v) is 20.8. The molecule has 0 unspecified atom stereocenters. The number of carboxylic acids is 1. The number of aliphatic carboxylic acids is 1. The average molecular weight is 874 g/mol. The van der Waals surface area contributed by atoms with Gasteiger partial charge in [-0.1, -0.05) is 54.1 Å². The van der Waals surface area contributed by atoms with Crippen LogP contribution in [0.2, 0.25) is 5.02 Å². The predicted molar refractivity (Wildman–Crippen MR) is 229 cm³/mol. The molecule has 0 saturated carbocycles. The van der Waals surface area contributed by atoms with Gasteiger partial charge in [0.2, 0.25) is 12.0 Å². The molecule has 1 aliphatic heterocycles. The molecule has 1 N–H and O–H groups in total. The van der Waals surface area contributed by atoms with Gasteiger partial charge in [0.1, 0.15) is 31.3 Å². The molecule has 3 aromatic carbocycles. The Hall–Kier alpha value is -5.68. The van der Waals surface area contributed by atoms with E-state index in [0.717, 1.165) is 76.5 Å². The van der Waals surface area contributed by atoms with Crippen LogP contribution in [0.1, 0.15) is 16.8 Å². The number of aromatic nitrogens is 5. The number of alkyl halides is 3. The lowest BCUT2D eigenvalue weighted by Gasteiger charge is -2.32. The molecule has 0 spiro atoms. The van der Waals surface area contributed by atoms with Crippen LogP contribution in [0.4, 0.5) is 13.2 Å². The second-order valence-electron chi connectivity index (χ2n) is 15.1. The van der Waals surface area contributed by atoms with Crippen LogP contribution in [0.25, 0.3) is 43.4 Å². The van der Waals surface area contributed by atoms with Gasteiger partial charge in [-0.3, -0.25) is 14.6 Å². The molecule has 0 amide bonds. The summed E-state index contributed by atoms with van der Waals surface area (Å²) in [4.78, 5) is 22.7. The van der Waals surface area contributed by atoms with E-state index < -0.39 is 24.8 Å². The summed E-state index contributed by atoms with van der Waals surface area (Å²) in [5.41, 5.74) is 5.32. The van der Waals surface area contributed by atoms with E-state index in [1.807, 2.05) is 61.1 Å². The lowest BCUT2D eigenvalue weighted by Crippen LogP contribution is -2.45. The summed E-state index contributed by atoms with van der Waals surface area (Å²) in [7, 11) is 4.09. The van der Waals surface area contributed by atoms with Gasteiger partial charge in [-0.2, -0.15) is 22.6 Å². The molecule has 17 heteroatoms. The van der Waals surface area contributed by atoms with Crippen molar-refractivity contribution in [2.45, 2.75) is 38.8 Å². The number of piperazine rings is 1. The van der Waals surface area contributed by atoms with Crippen molar-refractivity contribution in [3.05, 3.63) is 107 Å². The number of pyridine rings is 1. The van der Waals surface area contributed by atoms with Crippen molar-refractivity contribution in [1.82, 2.24) is 33.5 Å². The molecular formula is C44H43ClF3N7O5S. The summed E-state index contributed by atoms with van der Waals surface area (Å²) in [6.45, 7) is 5.65. The van der Waals surface area contributed by atoms with E-state index in [1.165, 1.54) is 12.3 Å². The van der Waals surface area contributed by atoms with Gasteiger partial charge in [0, 0.05) is 86.8 Å². The number of carbonyl (C=O) groups is 1. The Kier molecular flexibility index (Phi) is 12.2. The van der Waals surface area contributed by atoms with Gasteiger partial charge >= 0.3 is 12.1 Å². The van der Waals surface area contributed by atoms with Gasteiger partial charge in [-0.05, 0) is 66.5 Å². The molecule has 5 heterocycles. The van der Waals surface area contributed by atoms with Gasteiger partial charge in [-0.15, -0.1) is 0 Å². The topological polar surface area (TPSA) is 120 Å². The smallest absolute Gasteiger partial charge is 0.408 e. The van der Waals surface area contributed by atoms with E-state index in [9.17, 15) is 23.1 Å². The minimum atomic E-state index is -4.47. The molecule has 8 rings (SSSR count). The molecule has 1 aliphatic rings. The Bertz CT molecular complexity index is 2690. The number of halogens is 4. The van der Waals surface area contributed by atoms with Crippen molar-refractivity contribution in [2.75, 3.05) is 46.4 Å². The van der Waals surface area contributed by atoms with Gasteiger partial charge in [0.05, 0.1) is 26.5 Å². The highest BCUT2D eigenvalue weighted by Gasteiger charge is 2.31. The Morgan fingerprint density at radius 1 is 0.967 bits per heavy atom. The number of benzene rings is 3. The Labute approximate surface area is 358 Å². The number of fused-ring (bicyclic) bond motifs is 2. The number of hydrogen-bond donors (Lipinski definition) is 1.